The lowest BCUT2D eigenvalue weighted by atomic mass is 10.1. The first-order chi connectivity index (χ1) is 8.33. The lowest BCUT2D eigenvalue weighted by molar-refractivity contribution is 0.181. The summed E-state index contributed by atoms with van der Waals surface area (Å²) in [6.45, 7) is 3.82. The van der Waals surface area contributed by atoms with Gasteiger partial charge in [0.1, 0.15) is 5.75 Å². The predicted molar refractivity (Wildman–Crippen MR) is 68.3 cm³/mol. The monoisotopic (exact) mass is 238 g/mol. The van der Waals surface area contributed by atoms with Crippen LogP contribution in [0.4, 0.5) is 0 Å². The fourth-order valence-corrected chi connectivity index (χ4v) is 1.73. The van der Waals surface area contributed by atoms with Crippen molar-refractivity contribution in [3.8, 4) is 5.75 Å². The van der Waals surface area contributed by atoms with Gasteiger partial charge in [0.2, 0.25) is 0 Å². The van der Waals surface area contributed by atoms with Gasteiger partial charge in [-0.05, 0) is 31.5 Å². The molecule has 0 spiro atoms. The Balaban J connectivity index is 2.78. The molecule has 1 rings (SSSR count). The molecule has 1 aromatic rings. The van der Waals surface area contributed by atoms with E-state index in [1.807, 2.05) is 12.1 Å². The molecule has 0 saturated carbocycles. The van der Waals surface area contributed by atoms with Crippen LogP contribution >= 0.6 is 0 Å². The largest absolute Gasteiger partial charge is 0.495 e. The molecule has 0 bridgehead atoms. The molecule has 96 valence electrons. The molecule has 1 unspecified atom stereocenters. The smallest absolute Gasteiger partial charge is 0.141 e. The van der Waals surface area contributed by atoms with Crippen LogP contribution in [0, 0.1) is 0 Å². The number of hydrogen-bond acceptors (Lipinski definition) is 4. The quantitative estimate of drug-likeness (QED) is 0.753. The Kier molecular flexibility index (Phi) is 6.58. The van der Waals surface area contributed by atoms with Gasteiger partial charge in [-0.2, -0.15) is 0 Å². The molecule has 0 radical (unpaired) electrons. The highest BCUT2D eigenvalue weighted by Crippen LogP contribution is 2.24. The number of hydrogen-bond donors (Lipinski definition) is 1. The van der Waals surface area contributed by atoms with Crippen molar-refractivity contribution in [1.29, 1.82) is 0 Å². The van der Waals surface area contributed by atoms with E-state index in [-0.39, 0.29) is 6.04 Å². The van der Waals surface area contributed by atoms with Gasteiger partial charge in [-0.1, -0.05) is 6.92 Å². The first-order valence-corrected chi connectivity index (χ1v) is 6.04. The second-order valence-corrected chi connectivity index (χ2v) is 3.88. The lowest BCUT2D eigenvalue weighted by Gasteiger charge is -2.19. The van der Waals surface area contributed by atoms with Crippen molar-refractivity contribution in [1.82, 2.24) is 10.3 Å². The molecule has 0 aromatic carbocycles. The van der Waals surface area contributed by atoms with Gasteiger partial charge in [0.25, 0.3) is 0 Å². The molecule has 0 fully saturated rings. The van der Waals surface area contributed by atoms with Gasteiger partial charge in [-0.15, -0.1) is 0 Å². The summed E-state index contributed by atoms with van der Waals surface area (Å²) in [5.74, 6) is 0.831. The van der Waals surface area contributed by atoms with Crippen molar-refractivity contribution in [2.24, 2.45) is 0 Å². The van der Waals surface area contributed by atoms with Gasteiger partial charge < -0.3 is 14.8 Å². The minimum Gasteiger partial charge on any atom is -0.495 e. The normalized spacial score (nSPS) is 12.4. The van der Waals surface area contributed by atoms with Crippen LogP contribution in [0.3, 0.4) is 0 Å². The maximum atomic E-state index is 5.34. The van der Waals surface area contributed by atoms with Crippen molar-refractivity contribution in [3.05, 3.63) is 24.0 Å². The van der Waals surface area contributed by atoms with Gasteiger partial charge in [0, 0.05) is 19.9 Å². The van der Waals surface area contributed by atoms with E-state index in [4.69, 9.17) is 9.47 Å². The van der Waals surface area contributed by atoms with E-state index >= 15 is 0 Å². The predicted octanol–water partition coefficient (Wildman–Crippen LogP) is 2.17. The molecule has 1 N–H and O–H groups in total. The zero-order valence-electron chi connectivity index (χ0n) is 10.9. The van der Waals surface area contributed by atoms with E-state index in [0.29, 0.717) is 6.61 Å². The molecular weight excluding hydrogens is 216 g/mol. The Morgan fingerprint density at radius 1 is 1.41 bits per heavy atom. The SMILES string of the molecule is CCCNC(CCOC)c1ncccc1OC. The number of aromatic nitrogens is 1. The Bertz CT molecular complexity index is 310. The highest BCUT2D eigenvalue weighted by Gasteiger charge is 2.16. The Morgan fingerprint density at radius 2 is 2.24 bits per heavy atom. The third-order valence-corrected chi connectivity index (χ3v) is 2.60. The summed E-state index contributed by atoms with van der Waals surface area (Å²) in [6.07, 6.45) is 3.79. The van der Waals surface area contributed by atoms with E-state index in [0.717, 1.165) is 30.8 Å². The Morgan fingerprint density at radius 3 is 2.88 bits per heavy atom. The molecule has 0 saturated heterocycles. The highest BCUT2D eigenvalue weighted by molar-refractivity contribution is 5.29. The Labute approximate surface area is 103 Å². The number of methoxy groups -OCH3 is 2. The van der Waals surface area contributed by atoms with Crippen LogP contribution in [0.5, 0.6) is 5.75 Å². The van der Waals surface area contributed by atoms with E-state index in [2.05, 4.69) is 17.2 Å². The molecule has 1 atom stereocenters. The standard InChI is InChI=1S/C13H22N2O2/c1-4-8-14-11(7-10-16-2)13-12(17-3)6-5-9-15-13/h5-6,9,11,14H,4,7-8,10H2,1-3H3. The Hall–Kier alpha value is -1.13. The summed E-state index contributed by atoms with van der Waals surface area (Å²) < 4.78 is 10.5. The summed E-state index contributed by atoms with van der Waals surface area (Å²) in [5.41, 5.74) is 0.959. The number of pyridine rings is 1. The number of nitrogens with zero attached hydrogens (tertiary/aromatic N) is 1. The number of ether oxygens (including phenoxy) is 2. The van der Waals surface area contributed by atoms with E-state index in [1.54, 1.807) is 20.4 Å². The van der Waals surface area contributed by atoms with Crippen LogP contribution in [0.15, 0.2) is 18.3 Å². The van der Waals surface area contributed by atoms with Gasteiger partial charge in [0.15, 0.2) is 0 Å². The summed E-state index contributed by atoms with van der Waals surface area (Å²) in [6, 6.07) is 4.01. The van der Waals surface area contributed by atoms with Gasteiger partial charge in [0.05, 0.1) is 18.8 Å². The molecule has 4 heteroatoms. The molecule has 0 amide bonds. The summed E-state index contributed by atoms with van der Waals surface area (Å²) in [5, 5.41) is 3.47. The van der Waals surface area contributed by atoms with Crippen molar-refractivity contribution < 1.29 is 9.47 Å². The van der Waals surface area contributed by atoms with Gasteiger partial charge in [-0.3, -0.25) is 4.98 Å². The first-order valence-electron chi connectivity index (χ1n) is 6.04. The topological polar surface area (TPSA) is 43.4 Å². The summed E-state index contributed by atoms with van der Waals surface area (Å²) in [4.78, 5) is 4.41. The number of nitrogens with one attached hydrogen (secondary N) is 1. The zero-order chi connectivity index (χ0) is 12.5. The van der Waals surface area contributed by atoms with Crippen molar-refractivity contribution in [3.63, 3.8) is 0 Å². The van der Waals surface area contributed by atoms with Crippen LogP contribution in [0.2, 0.25) is 0 Å². The first kappa shape index (κ1) is 13.9. The van der Waals surface area contributed by atoms with Crippen LogP contribution in [0.25, 0.3) is 0 Å². The van der Waals surface area contributed by atoms with E-state index < -0.39 is 0 Å². The molecule has 17 heavy (non-hydrogen) atoms. The van der Waals surface area contributed by atoms with Crippen LogP contribution in [0.1, 0.15) is 31.5 Å². The van der Waals surface area contributed by atoms with Crippen molar-refractivity contribution in [2.75, 3.05) is 27.4 Å². The van der Waals surface area contributed by atoms with Gasteiger partial charge >= 0.3 is 0 Å². The summed E-state index contributed by atoms with van der Waals surface area (Å²) in [7, 11) is 3.39. The fraction of sp³-hybridized carbons (Fsp3) is 0.615. The minimum atomic E-state index is 0.186. The average molecular weight is 238 g/mol. The van der Waals surface area contributed by atoms with E-state index in [9.17, 15) is 0 Å². The molecule has 4 nitrogen and oxygen atoms in total. The molecule has 0 aliphatic rings. The molecule has 0 aliphatic carbocycles. The van der Waals surface area contributed by atoms with Crippen LogP contribution < -0.4 is 10.1 Å². The van der Waals surface area contributed by atoms with Crippen molar-refractivity contribution in [2.45, 2.75) is 25.8 Å². The second-order valence-electron chi connectivity index (χ2n) is 3.88. The van der Waals surface area contributed by atoms with E-state index in [1.165, 1.54) is 0 Å². The highest BCUT2D eigenvalue weighted by atomic mass is 16.5. The fourth-order valence-electron chi connectivity index (χ4n) is 1.73. The second kappa shape index (κ2) is 8.03. The van der Waals surface area contributed by atoms with Crippen LogP contribution in [-0.2, 0) is 4.74 Å². The number of rotatable bonds is 8. The molecule has 1 aromatic heterocycles. The average Bonchev–Trinajstić information content (AvgIpc) is 2.39. The van der Waals surface area contributed by atoms with Crippen molar-refractivity contribution >= 4 is 0 Å². The molecule has 1 heterocycles. The maximum Gasteiger partial charge on any atom is 0.141 e. The zero-order valence-corrected chi connectivity index (χ0v) is 10.9. The third kappa shape index (κ3) is 4.32. The van der Waals surface area contributed by atoms with Crippen LogP contribution in [-0.4, -0.2) is 32.4 Å². The maximum absolute atomic E-state index is 5.34. The molecular formula is C13H22N2O2. The summed E-state index contributed by atoms with van der Waals surface area (Å²) >= 11 is 0. The lowest BCUT2D eigenvalue weighted by Crippen LogP contribution is -2.24. The third-order valence-electron chi connectivity index (χ3n) is 2.60. The van der Waals surface area contributed by atoms with Gasteiger partial charge in [-0.25, -0.2) is 0 Å². The molecule has 0 aliphatic heterocycles. The minimum absolute atomic E-state index is 0.186.